The maximum atomic E-state index is 11.7. The summed E-state index contributed by atoms with van der Waals surface area (Å²) in [7, 11) is 0. The van der Waals surface area contributed by atoms with Crippen molar-refractivity contribution in [1.29, 1.82) is 0 Å². The molecule has 0 amide bonds. The third-order valence-corrected chi connectivity index (χ3v) is 7.31. The van der Waals surface area contributed by atoms with E-state index in [0.717, 1.165) is 56.8 Å². The zero-order valence-corrected chi connectivity index (χ0v) is 21.1. The lowest BCUT2D eigenvalue weighted by Gasteiger charge is -2.20. The highest BCUT2D eigenvalue weighted by Gasteiger charge is 2.21. The molecule has 12 heteroatoms. The molecule has 3 aromatic rings. The summed E-state index contributed by atoms with van der Waals surface area (Å²) in [5, 5.41) is 16.6. The van der Waals surface area contributed by atoms with Crippen molar-refractivity contribution >= 4 is 53.1 Å². The van der Waals surface area contributed by atoms with Crippen LogP contribution in [-0.4, -0.2) is 52.3 Å². The Bertz CT molecular complexity index is 1230. The van der Waals surface area contributed by atoms with E-state index in [9.17, 15) is 10.1 Å². The first-order valence-corrected chi connectivity index (χ1v) is 13.0. The molecule has 2 aliphatic heterocycles. The van der Waals surface area contributed by atoms with Crippen molar-refractivity contribution in [2.24, 2.45) is 5.10 Å². The minimum Gasteiger partial charge on any atom is -0.341 e. The standard InChI is InChI=1S/C24H25ClN8O2S/c25-18-6-8-19(9-7-18)36-21-10-5-17(15-20(21)33(34)35)16-26-30-22-27-23(31-11-1-2-12-31)29-24(28-22)32-13-3-4-14-32/h5-10,15-16H,1-4,11-14H2,(H,27,28,29,30)/b26-16-. The lowest BCUT2D eigenvalue weighted by atomic mass is 10.2. The number of hydrazone groups is 1. The zero-order chi connectivity index (χ0) is 24.9. The maximum absolute atomic E-state index is 11.7. The second-order valence-electron chi connectivity index (χ2n) is 8.56. The van der Waals surface area contributed by atoms with E-state index in [1.54, 1.807) is 24.3 Å². The molecule has 2 aliphatic rings. The molecule has 0 aliphatic carbocycles. The van der Waals surface area contributed by atoms with E-state index >= 15 is 0 Å². The normalized spacial score (nSPS) is 15.7. The van der Waals surface area contributed by atoms with Crippen LogP contribution in [0.15, 0.2) is 57.4 Å². The van der Waals surface area contributed by atoms with Gasteiger partial charge in [0, 0.05) is 47.7 Å². The summed E-state index contributed by atoms with van der Waals surface area (Å²) in [4.78, 5) is 30.9. The van der Waals surface area contributed by atoms with Gasteiger partial charge in [-0.25, -0.2) is 5.43 Å². The Balaban J connectivity index is 1.33. The molecule has 0 spiro atoms. The van der Waals surface area contributed by atoms with Crippen LogP contribution in [0, 0.1) is 10.1 Å². The van der Waals surface area contributed by atoms with Gasteiger partial charge in [0.05, 0.1) is 16.0 Å². The Labute approximate surface area is 217 Å². The Kier molecular flexibility index (Phi) is 7.47. The highest BCUT2D eigenvalue weighted by molar-refractivity contribution is 7.99. The SMILES string of the molecule is O=[N+]([O-])c1cc(/C=N\Nc2nc(N3CCCC3)nc(N3CCCC3)n2)ccc1Sc1ccc(Cl)cc1. The molecule has 2 saturated heterocycles. The summed E-state index contributed by atoms with van der Waals surface area (Å²) in [5.41, 5.74) is 3.49. The van der Waals surface area contributed by atoms with E-state index in [2.05, 4.69) is 30.3 Å². The van der Waals surface area contributed by atoms with E-state index < -0.39 is 0 Å². The highest BCUT2D eigenvalue weighted by Crippen LogP contribution is 2.35. The van der Waals surface area contributed by atoms with Gasteiger partial charge in [-0.3, -0.25) is 10.1 Å². The number of nitro groups is 1. The summed E-state index contributed by atoms with van der Waals surface area (Å²) in [6, 6.07) is 12.2. The number of hydrogen-bond acceptors (Lipinski definition) is 10. The number of nitro benzene ring substituents is 1. The van der Waals surface area contributed by atoms with Crippen molar-refractivity contribution in [3.05, 3.63) is 63.2 Å². The number of benzene rings is 2. The molecule has 0 bridgehead atoms. The fourth-order valence-corrected chi connectivity index (χ4v) is 5.19. The first kappa shape index (κ1) is 24.3. The van der Waals surface area contributed by atoms with Crippen LogP contribution in [-0.2, 0) is 0 Å². The lowest BCUT2D eigenvalue weighted by molar-refractivity contribution is -0.387. The van der Waals surface area contributed by atoms with Gasteiger partial charge in [0.1, 0.15) is 0 Å². The maximum Gasteiger partial charge on any atom is 0.283 e. The van der Waals surface area contributed by atoms with Crippen LogP contribution < -0.4 is 15.2 Å². The molecular weight excluding hydrogens is 500 g/mol. The van der Waals surface area contributed by atoms with Crippen molar-refractivity contribution < 1.29 is 4.92 Å². The van der Waals surface area contributed by atoms with E-state index in [1.165, 1.54) is 24.0 Å². The zero-order valence-electron chi connectivity index (χ0n) is 19.5. The summed E-state index contributed by atoms with van der Waals surface area (Å²) < 4.78 is 0. The van der Waals surface area contributed by atoms with Gasteiger partial charge in [0.15, 0.2) is 0 Å². The number of aromatic nitrogens is 3. The van der Waals surface area contributed by atoms with Crippen molar-refractivity contribution in [2.75, 3.05) is 41.4 Å². The molecule has 2 fully saturated rings. The number of nitrogens with one attached hydrogen (secondary N) is 1. The molecule has 3 heterocycles. The second kappa shape index (κ2) is 11.1. The second-order valence-corrected chi connectivity index (χ2v) is 10.1. The molecule has 10 nitrogen and oxygen atoms in total. The summed E-state index contributed by atoms with van der Waals surface area (Å²) >= 11 is 7.25. The minimum atomic E-state index is -0.389. The Hall–Kier alpha value is -3.44. The third kappa shape index (κ3) is 5.85. The van der Waals surface area contributed by atoms with Gasteiger partial charge in [-0.15, -0.1) is 0 Å². The molecular formula is C24H25ClN8O2S. The molecule has 0 unspecified atom stereocenters. The van der Waals surface area contributed by atoms with E-state index in [0.29, 0.717) is 33.3 Å². The monoisotopic (exact) mass is 524 g/mol. The van der Waals surface area contributed by atoms with Crippen molar-refractivity contribution in [2.45, 2.75) is 35.5 Å². The van der Waals surface area contributed by atoms with E-state index in [-0.39, 0.29) is 10.6 Å². The number of anilines is 3. The van der Waals surface area contributed by atoms with Crippen molar-refractivity contribution in [1.82, 2.24) is 15.0 Å². The molecule has 1 aromatic heterocycles. The van der Waals surface area contributed by atoms with E-state index in [4.69, 9.17) is 16.6 Å². The molecule has 36 heavy (non-hydrogen) atoms. The summed E-state index contributed by atoms with van der Waals surface area (Å²) in [6.07, 6.45) is 6.01. The van der Waals surface area contributed by atoms with Crippen LogP contribution in [0.2, 0.25) is 5.02 Å². The number of hydrogen-bond donors (Lipinski definition) is 1. The number of halogens is 1. The largest absolute Gasteiger partial charge is 0.341 e. The molecule has 1 N–H and O–H groups in total. The van der Waals surface area contributed by atoms with Crippen LogP contribution in [0.1, 0.15) is 31.2 Å². The fraction of sp³-hybridized carbons (Fsp3) is 0.333. The molecule has 5 rings (SSSR count). The summed E-state index contributed by atoms with van der Waals surface area (Å²) in [5.74, 6) is 1.66. The van der Waals surface area contributed by atoms with Gasteiger partial charge >= 0.3 is 0 Å². The van der Waals surface area contributed by atoms with Crippen LogP contribution in [0.5, 0.6) is 0 Å². The van der Waals surface area contributed by atoms with Crippen LogP contribution in [0.3, 0.4) is 0 Å². The fourth-order valence-electron chi connectivity index (χ4n) is 4.16. The Morgan fingerprint density at radius 3 is 2.14 bits per heavy atom. The topological polar surface area (TPSA) is 113 Å². The first-order valence-electron chi connectivity index (χ1n) is 11.8. The molecule has 186 valence electrons. The van der Waals surface area contributed by atoms with Gasteiger partial charge < -0.3 is 9.80 Å². The summed E-state index contributed by atoms with van der Waals surface area (Å²) in [6.45, 7) is 3.71. The molecule has 0 radical (unpaired) electrons. The average Bonchev–Trinajstić information content (AvgIpc) is 3.61. The third-order valence-electron chi connectivity index (χ3n) is 5.99. The van der Waals surface area contributed by atoms with Crippen LogP contribution in [0.25, 0.3) is 0 Å². The molecule has 0 atom stereocenters. The van der Waals surface area contributed by atoms with E-state index in [1.807, 2.05) is 12.1 Å². The van der Waals surface area contributed by atoms with Crippen molar-refractivity contribution in [3.63, 3.8) is 0 Å². The van der Waals surface area contributed by atoms with Crippen molar-refractivity contribution in [3.8, 4) is 0 Å². The lowest BCUT2D eigenvalue weighted by Crippen LogP contribution is -2.25. The predicted octanol–water partition coefficient (Wildman–Crippen LogP) is 5.23. The van der Waals surface area contributed by atoms with Gasteiger partial charge in [0.2, 0.25) is 17.8 Å². The Morgan fingerprint density at radius 2 is 1.56 bits per heavy atom. The van der Waals surface area contributed by atoms with Gasteiger partial charge in [0.25, 0.3) is 5.69 Å². The molecule has 2 aromatic carbocycles. The van der Waals surface area contributed by atoms with Gasteiger partial charge in [-0.1, -0.05) is 29.4 Å². The Morgan fingerprint density at radius 1 is 0.944 bits per heavy atom. The molecule has 0 saturated carbocycles. The number of rotatable bonds is 8. The number of nitrogens with zero attached hydrogens (tertiary/aromatic N) is 7. The average molecular weight is 525 g/mol. The minimum absolute atomic E-state index is 0.00620. The smallest absolute Gasteiger partial charge is 0.283 e. The highest BCUT2D eigenvalue weighted by atomic mass is 35.5. The quantitative estimate of drug-likeness (QED) is 0.240. The van der Waals surface area contributed by atoms with Gasteiger partial charge in [-0.05, 0) is 56.0 Å². The van der Waals surface area contributed by atoms with Crippen LogP contribution in [0.4, 0.5) is 23.5 Å². The first-order chi connectivity index (χ1) is 17.5. The van der Waals surface area contributed by atoms with Gasteiger partial charge in [-0.2, -0.15) is 20.1 Å². The van der Waals surface area contributed by atoms with Crippen LogP contribution >= 0.6 is 23.4 Å². The predicted molar refractivity (Wildman–Crippen MR) is 143 cm³/mol.